The van der Waals surface area contributed by atoms with Gasteiger partial charge in [0.15, 0.2) is 5.96 Å². The van der Waals surface area contributed by atoms with Crippen molar-refractivity contribution in [1.82, 2.24) is 10.6 Å². The molecular weight excluding hydrogens is 308 g/mol. The van der Waals surface area contributed by atoms with Gasteiger partial charge in [0.1, 0.15) is 5.75 Å². The molecule has 0 saturated carbocycles. The van der Waals surface area contributed by atoms with Crippen molar-refractivity contribution in [1.29, 1.82) is 0 Å². The van der Waals surface area contributed by atoms with E-state index in [1.54, 1.807) is 7.11 Å². The Morgan fingerprint density at radius 1 is 1.26 bits per heavy atom. The van der Waals surface area contributed by atoms with E-state index in [1.807, 2.05) is 6.92 Å². The lowest BCUT2D eigenvalue weighted by atomic mass is 10.1. The van der Waals surface area contributed by atoms with Crippen molar-refractivity contribution in [2.24, 2.45) is 4.99 Å². The molecule has 1 unspecified atom stereocenters. The summed E-state index contributed by atoms with van der Waals surface area (Å²) in [7, 11) is 1.61. The number of hydrogen-bond acceptors (Lipinski definition) is 4. The molecule has 130 valence electrons. The molecule has 1 rings (SSSR count). The SMILES string of the molecule is CCNC(=NCC(O)c1ccc(OC(F)F)cc1)NCCOC. The van der Waals surface area contributed by atoms with Crippen LogP contribution in [0.2, 0.25) is 0 Å². The molecule has 0 bridgehead atoms. The number of guanidine groups is 1. The molecule has 6 nitrogen and oxygen atoms in total. The molecule has 0 aromatic heterocycles. The van der Waals surface area contributed by atoms with E-state index in [2.05, 4.69) is 20.4 Å². The average Bonchev–Trinajstić information content (AvgIpc) is 2.52. The maximum Gasteiger partial charge on any atom is 0.387 e. The minimum Gasteiger partial charge on any atom is -0.435 e. The van der Waals surface area contributed by atoms with Gasteiger partial charge in [0, 0.05) is 20.2 Å². The molecule has 23 heavy (non-hydrogen) atoms. The van der Waals surface area contributed by atoms with Crippen LogP contribution in [0.25, 0.3) is 0 Å². The number of halogens is 2. The fourth-order valence-electron chi connectivity index (χ4n) is 1.77. The van der Waals surface area contributed by atoms with Gasteiger partial charge in [0.25, 0.3) is 0 Å². The predicted octanol–water partition coefficient (Wildman–Crippen LogP) is 1.52. The van der Waals surface area contributed by atoms with Crippen LogP contribution in [0.5, 0.6) is 5.75 Å². The minimum atomic E-state index is -2.86. The third-order valence-corrected chi connectivity index (χ3v) is 2.86. The number of alkyl halides is 2. The molecule has 0 spiro atoms. The number of hydrogen-bond donors (Lipinski definition) is 3. The smallest absolute Gasteiger partial charge is 0.387 e. The maximum atomic E-state index is 12.1. The van der Waals surface area contributed by atoms with E-state index in [9.17, 15) is 13.9 Å². The Morgan fingerprint density at radius 2 is 1.96 bits per heavy atom. The van der Waals surface area contributed by atoms with E-state index in [-0.39, 0.29) is 12.3 Å². The molecule has 1 atom stereocenters. The largest absolute Gasteiger partial charge is 0.435 e. The van der Waals surface area contributed by atoms with Gasteiger partial charge in [-0.1, -0.05) is 12.1 Å². The molecule has 1 aromatic rings. The van der Waals surface area contributed by atoms with Crippen molar-refractivity contribution in [3.63, 3.8) is 0 Å². The van der Waals surface area contributed by atoms with E-state index < -0.39 is 12.7 Å². The lowest BCUT2D eigenvalue weighted by Gasteiger charge is -2.13. The van der Waals surface area contributed by atoms with E-state index >= 15 is 0 Å². The third-order valence-electron chi connectivity index (χ3n) is 2.86. The van der Waals surface area contributed by atoms with Crippen molar-refractivity contribution in [2.45, 2.75) is 19.6 Å². The number of nitrogens with one attached hydrogen (secondary N) is 2. The predicted molar refractivity (Wildman–Crippen MR) is 83.9 cm³/mol. The zero-order chi connectivity index (χ0) is 17.1. The Morgan fingerprint density at radius 3 is 2.52 bits per heavy atom. The van der Waals surface area contributed by atoms with Crippen molar-refractivity contribution in [3.05, 3.63) is 29.8 Å². The maximum absolute atomic E-state index is 12.1. The number of aliphatic hydroxyl groups excluding tert-OH is 1. The Labute approximate surface area is 134 Å². The van der Waals surface area contributed by atoms with Crippen LogP contribution < -0.4 is 15.4 Å². The van der Waals surface area contributed by atoms with Gasteiger partial charge in [0.2, 0.25) is 0 Å². The monoisotopic (exact) mass is 331 g/mol. The first-order valence-corrected chi connectivity index (χ1v) is 7.30. The van der Waals surface area contributed by atoms with Crippen LogP contribution in [-0.2, 0) is 4.74 Å². The highest BCUT2D eigenvalue weighted by Gasteiger charge is 2.09. The molecule has 0 amide bonds. The zero-order valence-electron chi connectivity index (χ0n) is 13.3. The molecule has 0 saturated heterocycles. The van der Waals surface area contributed by atoms with Crippen LogP contribution in [-0.4, -0.2) is 51.0 Å². The molecule has 0 aliphatic rings. The van der Waals surface area contributed by atoms with Gasteiger partial charge in [-0.3, -0.25) is 4.99 Å². The number of aliphatic hydroxyl groups is 1. The molecule has 0 heterocycles. The normalized spacial score (nSPS) is 13.0. The van der Waals surface area contributed by atoms with Crippen LogP contribution in [0.3, 0.4) is 0 Å². The molecule has 8 heteroatoms. The summed E-state index contributed by atoms with van der Waals surface area (Å²) < 4.78 is 33.4. The minimum absolute atomic E-state index is 0.0500. The van der Waals surface area contributed by atoms with E-state index in [1.165, 1.54) is 24.3 Å². The summed E-state index contributed by atoms with van der Waals surface area (Å²) >= 11 is 0. The highest BCUT2D eigenvalue weighted by atomic mass is 19.3. The molecule has 0 fully saturated rings. The van der Waals surface area contributed by atoms with Gasteiger partial charge in [-0.2, -0.15) is 8.78 Å². The molecule has 0 aliphatic carbocycles. The number of aliphatic imine (C=N–C) groups is 1. The number of benzene rings is 1. The third kappa shape index (κ3) is 7.75. The number of methoxy groups -OCH3 is 1. The summed E-state index contributed by atoms with van der Waals surface area (Å²) in [5, 5.41) is 16.2. The van der Waals surface area contributed by atoms with Crippen molar-refractivity contribution >= 4 is 5.96 Å². The zero-order valence-corrected chi connectivity index (χ0v) is 13.3. The first kappa shape index (κ1) is 19.1. The van der Waals surface area contributed by atoms with Crippen molar-refractivity contribution < 1.29 is 23.4 Å². The standard InChI is InChI=1S/C15H23F2N3O3/c1-3-18-15(19-8-9-22-2)20-10-13(21)11-4-6-12(7-5-11)23-14(16)17/h4-7,13-14,21H,3,8-10H2,1-2H3,(H2,18,19,20). The Balaban J connectivity index is 2.57. The Bertz CT molecular complexity index is 470. The van der Waals surface area contributed by atoms with Crippen molar-refractivity contribution in [3.8, 4) is 5.75 Å². The van der Waals surface area contributed by atoms with Crippen LogP contribution in [0.1, 0.15) is 18.6 Å². The quantitative estimate of drug-likeness (QED) is 0.363. The second-order valence-corrected chi connectivity index (χ2v) is 4.60. The van der Waals surface area contributed by atoms with Gasteiger partial charge in [-0.05, 0) is 24.6 Å². The topological polar surface area (TPSA) is 75.1 Å². The highest BCUT2D eigenvalue weighted by molar-refractivity contribution is 5.79. The fraction of sp³-hybridized carbons (Fsp3) is 0.533. The molecular formula is C15H23F2N3O3. The van der Waals surface area contributed by atoms with Gasteiger partial charge in [-0.25, -0.2) is 0 Å². The van der Waals surface area contributed by atoms with Crippen LogP contribution in [0, 0.1) is 0 Å². The summed E-state index contributed by atoms with van der Waals surface area (Å²) in [4.78, 5) is 4.27. The fourth-order valence-corrected chi connectivity index (χ4v) is 1.77. The first-order chi connectivity index (χ1) is 11.1. The number of nitrogens with zero attached hydrogens (tertiary/aromatic N) is 1. The summed E-state index contributed by atoms with van der Waals surface area (Å²) in [5.41, 5.74) is 0.572. The lowest BCUT2D eigenvalue weighted by molar-refractivity contribution is -0.0498. The second-order valence-electron chi connectivity index (χ2n) is 4.60. The van der Waals surface area contributed by atoms with Gasteiger partial charge >= 0.3 is 6.61 Å². The number of ether oxygens (including phenoxy) is 2. The highest BCUT2D eigenvalue weighted by Crippen LogP contribution is 2.19. The molecule has 0 aliphatic heterocycles. The van der Waals surface area contributed by atoms with E-state index in [4.69, 9.17) is 4.74 Å². The summed E-state index contributed by atoms with van der Waals surface area (Å²) in [5.74, 6) is 0.621. The Hall–Kier alpha value is -1.93. The number of rotatable bonds is 9. The summed E-state index contributed by atoms with van der Waals surface area (Å²) in [6, 6.07) is 5.83. The van der Waals surface area contributed by atoms with Crippen LogP contribution in [0.15, 0.2) is 29.3 Å². The second kappa shape index (κ2) is 10.7. The van der Waals surface area contributed by atoms with Crippen LogP contribution >= 0.6 is 0 Å². The average molecular weight is 331 g/mol. The summed E-state index contributed by atoms with van der Waals surface area (Å²) in [6.07, 6.45) is -0.839. The summed E-state index contributed by atoms with van der Waals surface area (Å²) in [6.45, 7) is 1.03. The lowest BCUT2D eigenvalue weighted by Crippen LogP contribution is -2.39. The van der Waals surface area contributed by atoms with Gasteiger partial charge in [0.05, 0.1) is 19.3 Å². The van der Waals surface area contributed by atoms with Crippen LogP contribution in [0.4, 0.5) is 8.78 Å². The van der Waals surface area contributed by atoms with Gasteiger partial charge in [-0.15, -0.1) is 0 Å². The van der Waals surface area contributed by atoms with Crippen molar-refractivity contribution in [2.75, 3.05) is 33.4 Å². The Kier molecular flexibility index (Phi) is 8.93. The molecule has 3 N–H and O–H groups in total. The molecule has 0 radical (unpaired) electrons. The first-order valence-electron chi connectivity index (χ1n) is 7.30. The van der Waals surface area contributed by atoms with E-state index in [0.717, 1.165) is 0 Å². The van der Waals surface area contributed by atoms with E-state index in [0.29, 0.717) is 31.2 Å². The van der Waals surface area contributed by atoms with Gasteiger partial charge < -0.3 is 25.2 Å². The molecule has 1 aromatic carbocycles.